The summed E-state index contributed by atoms with van der Waals surface area (Å²) < 4.78 is 15.6. The third kappa shape index (κ3) is 4.50. The molecule has 0 aromatic heterocycles. The number of ether oxygens (including phenoxy) is 3. The van der Waals surface area contributed by atoms with Crippen LogP contribution in [0.4, 0.5) is 0 Å². The lowest BCUT2D eigenvalue weighted by atomic mass is 10.1. The summed E-state index contributed by atoms with van der Waals surface area (Å²) in [6.07, 6.45) is 3.29. The molecule has 1 rings (SSSR count). The van der Waals surface area contributed by atoms with Gasteiger partial charge >= 0.3 is 0 Å². The van der Waals surface area contributed by atoms with E-state index in [1.54, 1.807) is 12.2 Å². The van der Waals surface area contributed by atoms with Crippen molar-refractivity contribution in [3.63, 3.8) is 0 Å². The van der Waals surface area contributed by atoms with Crippen LogP contribution in [0.15, 0.2) is 47.4 Å². The van der Waals surface area contributed by atoms with Gasteiger partial charge in [-0.15, -0.1) is 0 Å². The second kappa shape index (κ2) is 8.85. The first-order valence-corrected chi connectivity index (χ1v) is 6.30. The van der Waals surface area contributed by atoms with Crippen LogP contribution in [0.1, 0.15) is 20.8 Å². The van der Waals surface area contributed by atoms with Crippen LogP contribution in [0.2, 0.25) is 0 Å². The fourth-order valence-corrected chi connectivity index (χ4v) is 1.47. The molecule has 112 valence electrons. The molecule has 1 aliphatic rings. The number of nitrogens with one attached hydrogen (secondary N) is 1. The molecular formula is C15H23NO4. The molecule has 0 saturated heterocycles. The van der Waals surface area contributed by atoms with Gasteiger partial charge in [0, 0.05) is 6.92 Å². The third-order valence-corrected chi connectivity index (χ3v) is 2.33. The van der Waals surface area contributed by atoms with E-state index in [9.17, 15) is 4.79 Å². The zero-order chi connectivity index (χ0) is 15.7. The van der Waals surface area contributed by atoms with Crippen LogP contribution in [0.3, 0.4) is 0 Å². The standard InChI is InChI=1S/C13H17NO4.C2H6/c1-8-6-10(9(2)15)14-13(18-5)12(17-4)11(7-8)16-3;1-2/h6-7,14H,1H2,2-5H3;1-2H3/b10-6-,11-7+,13-12-;. The van der Waals surface area contributed by atoms with Crippen molar-refractivity contribution in [2.75, 3.05) is 21.3 Å². The Morgan fingerprint density at radius 3 is 2.10 bits per heavy atom. The first-order valence-electron chi connectivity index (χ1n) is 6.30. The molecule has 0 amide bonds. The molecule has 0 aromatic carbocycles. The Morgan fingerprint density at radius 2 is 1.70 bits per heavy atom. The Kier molecular flexibility index (Phi) is 7.89. The number of allylic oxidation sites excluding steroid dienone is 4. The number of hydrogen-bond donors (Lipinski definition) is 1. The minimum Gasteiger partial charge on any atom is -0.493 e. The van der Waals surface area contributed by atoms with E-state index in [1.807, 2.05) is 13.8 Å². The maximum atomic E-state index is 11.5. The van der Waals surface area contributed by atoms with Gasteiger partial charge in [0.2, 0.25) is 11.6 Å². The van der Waals surface area contributed by atoms with Crippen molar-refractivity contribution in [3.8, 4) is 0 Å². The first-order chi connectivity index (χ1) is 9.53. The fraction of sp³-hybridized carbons (Fsp3) is 0.400. The molecule has 0 spiro atoms. The summed E-state index contributed by atoms with van der Waals surface area (Å²) in [5, 5.41) is 2.86. The molecule has 0 saturated carbocycles. The lowest BCUT2D eigenvalue weighted by Crippen LogP contribution is -2.23. The van der Waals surface area contributed by atoms with E-state index in [4.69, 9.17) is 14.2 Å². The highest BCUT2D eigenvalue weighted by molar-refractivity contribution is 5.93. The molecule has 20 heavy (non-hydrogen) atoms. The normalized spacial score (nSPS) is 23.4. The molecule has 5 nitrogen and oxygen atoms in total. The van der Waals surface area contributed by atoms with Gasteiger partial charge in [0.25, 0.3) is 0 Å². The summed E-state index contributed by atoms with van der Waals surface area (Å²) in [5.41, 5.74) is 0.993. The average Bonchev–Trinajstić information content (AvgIpc) is 2.44. The lowest BCUT2D eigenvalue weighted by Gasteiger charge is -2.19. The number of hydrogen-bond acceptors (Lipinski definition) is 5. The highest BCUT2D eigenvalue weighted by Crippen LogP contribution is 2.21. The zero-order valence-corrected chi connectivity index (χ0v) is 13.0. The Hall–Kier alpha value is -2.17. The molecule has 0 atom stereocenters. The zero-order valence-electron chi connectivity index (χ0n) is 13.0. The minimum absolute atomic E-state index is 0.129. The number of carbonyl (C=O) groups is 1. The second-order valence-corrected chi connectivity index (χ2v) is 3.59. The largest absolute Gasteiger partial charge is 0.493 e. The van der Waals surface area contributed by atoms with Crippen LogP contribution in [0, 0.1) is 0 Å². The molecule has 0 aliphatic carbocycles. The van der Waals surface area contributed by atoms with E-state index in [0.29, 0.717) is 28.7 Å². The molecule has 0 fully saturated rings. The summed E-state index contributed by atoms with van der Waals surface area (Å²) in [5.74, 6) is 1.01. The van der Waals surface area contributed by atoms with Gasteiger partial charge in [-0.3, -0.25) is 4.79 Å². The molecule has 1 heterocycles. The average molecular weight is 281 g/mol. The van der Waals surface area contributed by atoms with Gasteiger partial charge in [0.05, 0.1) is 27.0 Å². The molecule has 0 radical (unpaired) electrons. The molecule has 0 unspecified atom stereocenters. The monoisotopic (exact) mass is 281 g/mol. The fourth-order valence-electron chi connectivity index (χ4n) is 1.47. The summed E-state index contributed by atoms with van der Waals surface area (Å²) in [6.45, 7) is 9.28. The van der Waals surface area contributed by atoms with Gasteiger partial charge < -0.3 is 19.5 Å². The SMILES string of the molecule is C=C1/C=C(/C(C)=O)N/C(OC)=C(OC)\C(OC)=C/1.CC. The summed E-state index contributed by atoms with van der Waals surface area (Å²) in [4.78, 5) is 11.5. The quantitative estimate of drug-likeness (QED) is 0.858. The smallest absolute Gasteiger partial charge is 0.238 e. The highest BCUT2D eigenvalue weighted by atomic mass is 16.5. The Labute approximate surface area is 120 Å². The Morgan fingerprint density at radius 1 is 1.10 bits per heavy atom. The van der Waals surface area contributed by atoms with Gasteiger partial charge in [-0.2, -0.15) is 0 Å². The lowest BCUT2D eigenvalue weighted by molar-refractivity contribution is -0.114. The van der Waals surface area contributed by atoms with Crippen LogP contribution >= 0.6 is 0 Å². The van der Waals surface area contributed by atoms with Crippen LogP contribution in [-0.2, 0) is 19.0 Å². The van der Waals surface area contributed by atoms with Gasteiger partial charge in [0.1, 0.15) is 0 Å². The number of ketones is 1. The predicted octanol–water partition coefficient (Wildman–Crippen LogP) is 2.64. The minimum atomic E-state index is -0.129. The van der Waals surface area contributed by atoms with Crippen molar-refractivity contribution in [1.29, 1.82) is 0 Å². The van der Waals surface area contributed by atoms with Gasteiger partial charge in [-0.25, -0.2) is 0 Å². The van der Waals surface area contributed by atoms with E-state index < -0.39 is 0 Å². The summed E-state index contributed by atoms with van der Waals surface area (Å²) in [6, 6.07) is 0. The first kappa shape index (κ1) is 17.8. The molecule has 1 aliphatic heterocycles. The van der Waals surface area contributed by atoms with Crippen molar-refractivity contribution in [2.45, 2.75) is 20.8 Å². The van der Waals surface area contributed by atoms with Crippen molar-refractivity contribution in [2.24, 2.45) is 0 Å². The van der Waals surface area contributed by atoms with E-state index in [2.05, 4.69) is 11.9 Å². The maximum Gasteiger partial charge on any atom is 0.238 e. The summed E-state index contributed by atoms with van der Waals surface area (Å²) >= 11 is 0. The predicted molar refractivity (Wildman–Crippen MR) is 78.5 cm³/mol. The Bertz CT molecular complexity index is 458. The number of rotatable bonds is 4. The second-order valence-electron chi connectivity index (χ2n) is 3.59. The number of carbonyl (C=O) groups excluding carboxylic acids is 1. The van der Waals surface area contributed by atoms with Crippen LogP contribution in [0.25, 0.3) is 0 Å². The van der Waals surface area contributed by atoms with Crippen molar-refractivity contribution in [1.82, 2.24) is 5.32 Å². The topological polar surface area (TPSA) is 56.8 Å². The van der Waals surface area contributed by atoms with Crippen molar-refractivity contribution in [3.05, 3.63) is 47.4 Å². The van der Waals surface area contributed by atoms with Crippen molar-refractivity contribution < 1.29 is 19.0 Å². The number of Topliss-reactive ketones (excluding diaryl/α,β-unsaturated/α-hetero) is 1. The van der Waals surface area contributed by atoms with Crippen molar-refractivity contribution >= 4 is 5.78 Å². The van der Waals surface area contributed by atoms with E-state index in [0.717, 1.165) is 0 Å². The molecule has 0 aromatic rings. The van der Waals surface area contributed by atoms with E-state index >= 15 is 0 Å². The van der Waals surface area contributed by atoms with E-state index in [-0.39, 0.29) is 5.78 Å². The van der Waals surface area contributed by atoms with Crippen LogP contribution in [0.5, 0.6) is 0 Å². The van der Waals surface area contributed by atoms with Gasteiger partial charge in [-0.05, 0) is 17.7 Å². The van der Waals surface area contributed by atoms with Gasteiger partial charge in [0.15, 0.2) is 11.5 Å². The van der Waals surface area contributed by atoms with Crippen LogP contribution < -0.4 is 5.32 Å². The van der Waals surface area contributed by atoms with Crippen LogP contribution in [-0.4, -0.2) is 27.1 Å². The molecular weight excluding hydrogens is 258 g/mol. The molecule has 1 N–H and O–H groups in total. The third-order valence-electron chi connectivity index (χ3n) is 2.33. The highest BCUT2D eigenvalue weighted by Gasteiger charge is 2.19. The molecule has 5 heteroatoms. The Balaban J connectivity index is 0.00000172. The maximum absolute atomic E-state index is 11.5. The van der Waals surface area contributed by atoms with E-state index in [1.165, 1.54) is 28.3 Å². The summed E-state index contributed by atoms with van der Waals surface area (Å²) in [7, 11) is 4.48. The number of methoxy groups -OCH3 is 3. The molecule has 0 bridgehead atoms. The van der Waals surface area contributed by atoms with Gasteiger partial charge in [-0.1, -0.05) is 20.4 Å².